The Hall–Kier alpha value is -1.55. The van der Waals surface area contributed by atoms with Crippen LogP contribution in [0.25, 0.3) is 0 Å². The summed E-state index contributed by atoms with van der Waals surface area (Å²) in [6.45, 7) is 1.81. The lowest BCUT2D eigenvalue weighted by Crippen LogP contribution is -2.32. The first-order valence-electron chi connectivity index (χ1n) is 4.28. The van der Waals surface area contributed by atoms with Gasteiger partial charge < -0.3 is 15.9 Å². The lowest BCUT2D eigenvalue weighted by atomic mass is 10.0. The van der Waals surface area contributed by atoms with Crippen molar-refractivity contribution in [2.75, 3.05) is 0 Å². The monoisotopic (exact) mass is 195 g/mol. The van der Waals surface area contributed by atoms with Crippen molar-refractivity contribution in [1.29, 1.82) is 0 Å². The lowest BCUT2D eigenvalue weighted by Gasteiger charge is -2.10. The van der Waals surface area contributed by atoms with Crippen LogP contribution in [0.4, 0.5) is 0 Å². The number of carboxylic acid groups (broad SMARTS) is 1. The Bertz CT molecular complexity index is 329. The third kappa shape index (κ3) is 2.23. The quantitative estimate of drug-likeness (QED) is 0.661. The topological polar surface area (TPSA) is 83.5 Å². The highest BCUT2D eigenvalue weighted by molar-refractivity contribution is 5.73. The van der Waals surface area contributed by atoms with Crippen LogP contribution in [0.2, 0.25) is 0 Å². The second kappa shape index (κ2) is 4.11. The van der Waals surface area contributed by atoms with Gasteiger partial charge in [0, 0.05) is 6.42 Å². The fraction of sp³-hybridized carbons (Fsp3) is 0.300. The standard InChI is InChI=1S/C10H13NO3/c1-6-3-2-4-9(12)7(6)5-8(11)10(13)14/h2-4,8,12H,5,11H2,1H3,(H,13,14)/t8-/m0/s1. The van der Waals surface area contributed by atoms with E-state index in [0.717, 1.165) is 5.56 Å². The van der Waals surface area contributed by atoms with Gasteiger partial charge in [-0.2, -0.15) is 0 Å². The van der Waals surface area contributed by atoms with E-state index in [4.69, 9.17) is 10.8 Å². The van der Waals surface area contributed by atoms with E-state index in [1.165, 1.54) is 6.07 Å². The average molecular weight is 195 g/mol. The Balaban J connectivity index is 2.91. The van der Waals surface area contributed by atoms with Gasteiger partial charge in [-0.3, -0.25) is 4.79 Å². The minimum Gasteiger partial charge on any atom is -0.508 e. The van der Waals surface area contributed by atoms with Crippen molar-refractivity contribution in [2.24, 2.45) is 5.73 Å². The van der Waals surface area contributed by atoms with Crippen LogP contribution in [-0.4, -0.2) is 22.2 Å². The van der Waals surface area contributed by atoms with Crippen molar-refractivity contribution < 1.29 is 15.0 Å². The van der Waals surface area contributed by atoms with E-state index in [9.17, 15) is 9.90 Å². The van der Waals surface area contributed by atoms with E-state index in [1.54, 1.807) is 6.07 Å². The summed E-state index contributed by atoms with van der Waals surface area (Å²) in [7, 11) is 0. The highest BCUT2D eigenvalue weighted by atomic mass is 16.4. The Labute approximate surface area is 82.0 Å². The van der Waals surface area contributed by atoms with Crippen LogP contribution in [0.3, 0.4) is 0 Å². The SMILES string of the molecule is Cc1cccc(O)c1C[C@H](N)C(=O)O. The molecule has 0 fully saturated rings. The molecule has 76 valence electrons. The number of aryl methyl sites for hydroxylation is 1. The first-order chi connectivity index (χ1) is 6.52. The maximum absolute atomic E-state index is 10.5. The van der Waals surface area contributed by atoms with Crippen molar-refractivity contribution >= 4 is 5.97 Å². The molecule has 0 aromatic heterocycles. The van der Waals surface area contributed by atoms with E-state index in [2.05, 4.69) is 0 Å². The molecule has 4 nitrogen and oxygen atoms in total. The predicted molar refractivity (Wildman–Crippen MR) is 52.2 cm³/mol. The van der Waals surface area contributed by atoms with Crippen LogP contribution < -0.4 is 5.73 Å². The molecule has 0 aliphatic carbocycles. The van der Waals surface area contributed by atoms with Crippen molar-refractivity contribution in [3.8, 4) is 5.75 Å². The Morgan fingerprint density at radius 2 is 2.21 bits per heavy atom. The molecule has 1 aromatic carbocycles. The fourth-order valence-electron chi connectivity index (χ4n) is 1.26. The lowest BCUT2D eigenvalue weighted by molar-refractivity contribution is -0.138. The molecule has 0 spiro atoms. The number of phenolic OH excluding ortho intramolecular Hbond substituents is 1. The number of nitrogens with two attached hydrogens (primary N) is 1. The normalized spacial score (nSPS) is 12.4. The number of hydrogen-bond acceptors (Lipinski definition) is 3. The summed E-state index contributed by atoms with van der Waals surface area (Å²) in [5.74, 6) is -0.964. The van der Waals surface area contributed by atoms with Gasteiger partial charge in [0.25, 0.3) is 0 Å². The minimum absolute atomic E-state index is 0.0988. The second-order valence-electron chi connectivity index (χ2n) is 3.22. The molecular formula is C10H13NO3. The number of carboxylic acids is 1. The van der Waals surface area contributed by atoms with E-state index in [0.29, 0.717) is 5.56 Å². The summed E-state index contributed by atoms with van der Waals surface area (Å²) in [4.78, 5) is 10.5. The van der Waals surface area contributed by atoms with E-state index < -0.39 is 12.0 Å². The summed E-state index contributed by atoms with van der Waals surface area (Å²) in [5.41, 5.74) is 6.82. The van der Waals surface area contributed by atoms with Crippen LogP contribution in [0.15, 0.2) is 18.2 Å². The molecule has 4 heteroatoms. The van der Waals surface area contributed by atoms with Gasteiger partial charge >= 0.3 is 5.97 Å². The largest absolute Gasteiger partial charge is 0.508 e. The van der Waals surface area contributed by atoms with Gasteiger partial charge in [-0.15, -0.1) is 0 Å². The molecule has 0 aliphatic heterocycles. The number of benzene rings is 1. The first kappa shape index (κ1) is 10.5. The van der Waals surface area contributed by atoms with Crippen molar-refractivity contribution in [1.82, 2.24) is 0 Å². The van der Waals surface area contributed by atoms with Crippen LogP contribution >= 0.6 is 0 Å². The second-order valence-corrected chi connectivity index (χ2v) is 3.22. The van der Waals surface area contributed by atoms with Gasteiger partial charge in [0.1, 0.15) is 11.8 Å². The van der Waals surface area contributed by atoms with Gasteiger partial charge in [-0.25, -0.2) is 0 Å². The maximum atomic E-state index is 10.5. The number of carbonyl (C=O) groups is 1. The maximum Gasteiger partial charge on any atom is 0.320 e. The molecule has 4 N–H and O–H groups in total. The smallest absolute Gasteiger partial charge is 0.320 e. The molecule has 0 radical (unpaired) electrons. The zero-order valence-electron chi connectivity index (χ0n) is 7.90. The summed E-state index contributed by atoms with van der Waals surface area (Å²) >= 11 is 0. The van der Waals surface area contributed by atoms with E-state index in [-0.39, 0.29) is 12.2 Å². The molecular weight excluding hydrogens is 182 g/mol. The van der Waals surface area contributed by atoms with Gasteiger partial charge in [0.15, 0.2) is 0 Å². The zero-order valence-corrected chi connectivity index (χ0v) is 7.90. The highest BCUT2D eigenvalue weighted by Crippen LogP contribution is 2.21. The number of rotatable bonds is 3. The van der Waals surface area contributed by atoms with Crippen molar-refractivity contribution in [3.63, 3.8) is 0 Å². The molecule has 0 bridgehead atoms. The van der Waals surface area contributed by atoms with E-state index >= 15 is 0 Å². The third-order valence-corrected chi connectivity index (χ3v) is 2.13. The number of aliphatic carboxylic acids is 1. The van der Waals surface area contributed by atoms with Crippen LogP contribution in [0.5, 0.6) is 5.75 Å². The Morgan fingerprint density at radius 1 is 1.57 bits per heavy atom. The molecule has 0 aliphatic rings. The molecule has 0 heterocycles. The number of phenols is 1. The average Bonchev–Trinajstić information content (AvgIpc) is 2.11. The minimum atomic E-state index is -1.06. The van der Waals surface area contributed by atoms with Crippen LogP contribution in [-0.2, 0) is 11.2 Å². The molecule has 1 aromatic rings. The molecule has 0 unspecified atom stereocenters. The van der Waals surface area contributed by atoms with Gasteiger partial charge in [0.05, 0.1) is 0 Å². The molecule has 1 rings (SSSR count). The van der Waals surface area contributed by atoms with Crippen LogP contribution in [0.1, 0.15) is 11.1 Å². The van der Waals surface area contributed by atoms with Crippen molar-refractivity contribution in [2.45, 2.75) is 19.4 Å². The molecule has 0 saturated heterocycles. The molecule has 14 heavy (non-hydrogen) atoms. The van der Waals surface area contributed by atoms with Crippen LogP contribution in [0, 0.1) is 6.92 Å². The molecule has 0 saturated carbocycles. The van der Waals surface area contributed by atoms with Gasteiger partial charge in [0.2, 0.25) is 0 Å². The summed E-state index contributed by atoms with van der Waals surface area (Å²) in [5, 5.41) is 18.1. The molecule has 1 atom stereocenters. The summed E-state index contributed by atoms with van der Waals surface area (Å²) in [6.07, 6.45) is 0.147. The molecule has 0 amide bonds. The summed E-state index contributed by atoms with van der Waals surface area (Å²) < 4.78 is 0. The van der Waals surface area contributed by atoms with Crippen molar-refractivity contribution in [3.05, 3.63) is 29.3 Å². The summed E-state index contributed by atoms with van der Waals surface area (Å²) in [6, 6.07) is 4.07. The first-order valence-corrected chi connectivity index (χ1v) is 4.28. The zero-order chi connectivity index (χ0) is 10.7. The third-order valence-electron chi connectivity index (χ3n) is 2.13. The predicted octanol–water partition coefficient (Wildman–Crippen LogP) is 0.655. The van der Waals surface area contributed by atoms with Gasteiger partial charge in [-0.05, 0) is 24.1 Å². The Morgan fingerprint density at radius 3 is 2.71 bits per heavy atom. The van der Waals surface area contributed by atoms with E-state index in [1.807, 2.05) is 13.0 Å². The highest BCUT2D eigenvalue weighted by Gasteiger charge is 2.15. The number of aromatic hydroxyl groups is 1. The van der Waals surface area contributed by atoms with Gasteiger partial charge in [-0.1, -0.05) is 12.1 Å². The number of hydrogen-bond donors (Lipinski definition) is 3. The Kier molecular flexibility index (Phi) is 3.09. The fourth-order valence-corrected chi connectivity index (χ4v) is 1.26.